The predicted molar refractivity (Wildman–Crippen MR) is 135 cm³/mol. The van der Waals surface area contributed by atoms with E-state index < -0.39 is 0 Å². The Balaban J connectivity index is 1.32. The van der Waals surface area contributed by atoms with Crippen LogP contribution in [0.1, 0.15) is 34.8 Å². The Morgan fingerprint density at radius 2 is 1.71 bits per heavy atom. The molecule has 0 bridgehead atoms. The number of hydrogen-bond acceptors (Lipinski definition) is 5. The molecule has 7 nitrogen and oxygen atoms in total. The van der Waals surface area contributed by atoms with Crippen molar-refractivity contribution >= 4 is 23.2 Å². The molecule has 0 radical (unpaired) electrons. The number of carbonyl (C=O) groups excluding carboxylic acids is 2. The molecular formula is C28H29N3O4. The monoisotopic (exact) mass is 471 g/mol. The quantitative estimate of drug-likeness (QED) is 0.541. The van der Waals surface area contributed by atoms with Gasteiger partial charge in [0.2, 0.25) is 5.91 Å². The lowest BCUT2D eigenvalue weighted by Crippen LogP contribution is -2.43. The fourth-order valence-corrected chi connectivity index (χ4v) is 4.62. The lowest BCUT2D eigenvalue weighted by atomic mass is 10.0. The summed E-state index contributed by atoms with van der Waals surface area (Å²) in [5.41, 5.74) is 2.86. The Morgan fingerprint density at radius 1 is 0.943 bits per heavy atom. The van der Waals surface area contributed by atoms with Crippen molar-refractivity contribution in [2.75, 3.05) is 36.5 Å². The first kappa shape index (κ1) is 22.9. The maximum absolute atomic E-state index is 13.6. The van der Waals surface area contributed by atoms with Gasteiger partial charge in [0.15, 0.2) is 0 Å². The Morgan fingerprint density at radius 3 is 2.54 bits per heavy atom. The van der Waals surface area contributed by atoms with E-state index in [1.54, 1.807) is 11.0 Å². The van der Waals surface area contributed by atoms with E-state index in [-0.39, 0.29) is 30.5 Å². The molecule has 0 aromatic heterocycles. The topological polar surface area (TPSA) is 79.9 Å². The number of rotatable bonds is 7. The average Bonchev–Trinajstić information content (AvgIpc) is 3.44. The van der Waals surface area contributed by atoms with Crippen LogP contribution >= 0.6 is 0 Å². The van der Waals surface area contributed by atoms with Crippen molar-refractivity contribution in [1.29, 1.82) is 0 Å². The standard InChI is InChI=1S/C28H29N3O4/c32-27(18-29-23-13-5-4-12-22(23)28(33)30-17-21-11-8-16-34-21)31-24-14-6-7-15-26(24)35-19-25(31)20-9-2-1-3-10-20/h1-7,9-10,12-15,21,25,29H,8,11,16-19H2,(H,30,33)/t21-,25+/m0/s1. The van der Waals surface area contributed by atoms with E-state index in [2.05, 4.69) is 10.6 Å². The normalized spacial score (nSPS) is 18.9. The minimum Gasteiger partial charge on any atom is -0.489 e. The predicted octanol–water partition coefficient (Wildman–Crippen LogP) is 4.17. The van der Waals surface area contributed by atoms with Crippen LogP contribution in [0.5, 0.6) is 5.75 Å². The first-order valence-corrected chi connectivity index (χ1v) is 12.0. The van der Waals surface area contributed by atoms with Gasteiger partial charge in [0.1, 0.15) is 12.4 Å². The molecule has 2 aliphatic rings. The van der Waals surface area contributed by atoms with Gasteiger partial charge in [-0.3, -0.25) is 14.5 Å². The van der Waals surface area contributed by atoms with Crippen molar-refractivity contribution in [3.05, 3.63) is 90.0 Å². The summed E-state index contributed by atoms with van der Waals surface area (Å²) >= 11 is 0. The van der Waals surface area contributed by atoms with Crippen LogP contribution in [-0.2, 0) is 9.53 Å². The van der Waals surface area contributed by atoms with Crippen LogP contribution < -0.4 is 20.3 Å². The van der Waals surface area contributed by atoms with Crippen LogP contribution in [0, 0.1) is 0 Å². The maximum atomic E-state index is 13.6. The summed E-state index contributed by atoms with van der Waals surface area (Å²) in [5, 5.41) is 6.16. The highest BCUT2D eigenvalue weighted by atomic mass is 16.5. The molecule has 0 unspecified atom stereocenters. The first-order valence-electron chi connectivity index (χ1n) is 12.0. The number of para-hydroxylation sites is 3. The fourth-order valence-electron chi connectivity index (χ4n) is 4.62. The van der Waals surface area contributed by atoms with Crippen LogP contribution in [-0.4, -0.2) is 44.2 Å². The number of carbonyl (C=O) groups is 2. The number of fused-ring (bicyclic) bond motifs is 1. The third-order valence-corrected chi connectivity index (χ3v) is 6.40. The molecule has 0 spiro atoms. The van der Waals surface area contributed by atoms with Crippen LogP contribution in [0.3, 0.4) is 0 Å². The summed E-state index contributed by atoms with van der Waals surface area (Å²) < 4.78 is 11.6. The zero-order chi connectivity index (χ0) is 24.0. The number of anilines is 2. The summed E-state index contributed by atoms with van der Waals surface area (Å²) in [6.07, 6.45) is 2.05. The highest BCUT2D eigenvalue weighted by Gasteiger charge is 2.33. The second-order valence-electron chi connectivity index (χ2n) is 8.71. The molecule has 1 saturated heterocycles. The second kappa shape index (κ2) is 10.6. The Hall–Kier alpha value is -3.84. The van der Waals surface area contributed by atoms with Crippen molar-refractivity contribution in [3.8, 4) is 5.75 Å². The lowest BCUT2D eigenvalue weighted by molar-refractivity contribution is -0.117. The molecule has 2 amide bonds. The molecule has 3 aromatic rings. The third kappa shape index (κ3) is 5.15. The minimum atomic E-state index is -0.245. The number of benzene rings is 3. The van der Waals surface area contributed by atoms with Crippen molar-refractivity contribution in [2.24, 2.45) is 0 Å². The van der Waals surface area contributed by atoms with Crippen LogP contribution in [0.2, 0.25) is 0 Å². The summed E-state index contributed by atoms with van der Waals surface area (Å²) in [7, 11) is 0. The molecule has 7 heteroatoms. The van der Waals surface area contributed by atoms with E-state index in [1.165, 1.54) is 0 Å². The molecule has 3 aromatic carbocycles. The maximum Gasteiger partial charge on any atom is 0.253 e. The molecule has 0 aliphatic carbocycles. The van der Waals surface area contributed by atoms with Crippen molar-refractivity contribution < 1.29 is 19.1 Å². The summed E-state index contributed by atoms with van der Waals surface area (Å²) in [4.78, 5) is 28.2. The van der Waals surface area contributed by atoms with Crippen LogP contribution in [0.25, 0.3) is 0 Å². The summed E-state index contributed by atoms with van der Waals surface area (Å²) in [6, 6.07) is 24.4. The number of ether oxygens (including phenoxy) is 2. The number of hydrogen-bond donors (Lipinski definition) is 2. The molecule has 0 saturated carbocycles. The Kier molecular flexibility index (Phi) is 6.95. The molecule has 5 rings (SSSR count). The van der Waals surface area contributed by atoms with Gasteiger partial charge < -0.3 is 20.1 Å². The van der Waals surface area contributed by atoms with Gasteiger partial charge in [-0.1, -0.05) is 54.6 Å². The van der Waals surface area contributed by atoms with Gasteiger partial charge in [-0.15, -0.1) is 0 Å². The molecule has 35 heavy (non-hydrogen) atoms. The third-order valence-electron chi connectivity index (χ3n) is 6.40. The van der Waals surface area contributed by atoms with Crippen molar-refractivity contribution in [3.63, 3.8) is 0 Å². The zero-order valence-corrected chi connectivity index (χ0v) is 19.5. The van der Waals surface area contributed by atoms with Gasteiger partial charge in [0.05, 0.1) is 29.9 Å². The van der Waals surface area contributed by atoms with E-state index in [9.17, 15) is 9.59 Å². The van der Waals surface area contributed by atoms with E-state index in [4.69, 9.17) is 9.47 Å². The number of nitrogens with one attached hydrogen (secondary N) is 2. The number of nitrogens with zero attached hydrogens (tertiary/aromatic N) is 1. The molecule has 2 heterocycles. The lowest BCUT2D eigenvalue weighted by Gasteiger charge is -2.37. The molecule has 2 N–H and O–H groups in total. The van der Waals surface area contributed by atoms with Gasteiger partial charge in [-0.25, -0.2) is 0 Å². The highest BCUT2D eigenvalue weighted by molar-refractivity contribution is 6.02. The smallest absolute Gasteiger partial charge is 0.253 e. The van der Waals surface area contributed by atoms with E-state index in [1.807, 2.05) is 72.8 Å². The van der Waals surface area contributed by atoms with Crippen molar-refractivity contribution in [2.45, 2.75) is 25.0 Å². The zero-order valence-electron chi connectivity index (χ0n) is 19.5. The van der Waals surface area contributed by atoms with E-state index in [0.29, 0.717) is 30.2 Å². The Bertz CT molecular complexity index is 1180. The number of amides is 2. The van der Waals surface area contributed by atoms with Gasteiger partial charge in [-0.2, -0.15) is 0 Å². The van der Waals surface area contributed by atoms with E-state index >= 15 is 0 Å². The minimum absolute atomic E-state index is 0.0354. The van der Waals surface area contributed by atoms with E-state index in [0.717, 1.165) is 30.7 Å². The fraction of sp³-hybridized carbons (Fsp3) is 0.286. The Labute approximate surface area is 205 Å². The van der Waals surface area contributed by atoms with Gasteiger partial charge in [-0.05, 0) is 42.7 Å². The molecule has 2 atom stereocenters. The largest absolute Gasteiger partial charge is 0.489 e. The van der Waals surface area contributed by atoms with Gasteiger partial charge in [0.25, 0.3) is 5.91 Å². The highest BCUT2D eigenvalue weighted by Crippen LogP contribution is 2.39. The van der Waals surface area contributed by atoms with Gasteiger partial charge >= 0.3 is 0 Å². The summed E-state index contributed by atoms with van der Waals surface area (Å²) in [6.45, 7) is 1.63. The first-order chi connectivity index (χ1) is 17.2. The molecule has 180 valence electrons. The SMILES string of the molecule is O=C(NC[C@@H]1CCCO1)c1ccccc1NCC(=O)N1c2ccccc2OC[C@@H]1c1ccccc1. The van der Waals surface area contributed by atoms with Gasteiger partial charge in [0, 0.05) is 18.8 Å². The van der Waals surface area contributed by atoms with Crippen molar-refractivity contribution in [1.82, 2.24) is 5.32 Å². The van der Waals surface area contributed by atoms with Crippen LogP contribution in [0.15, 0.2) is 78.9 Å². The second-order valence-corrected chi connectivity index (χ2v) is 8.71. The average molecular weight is 472 g/mol. The summed E-state index contributed by atoms with van der Waals surface area (Å²) in [5.74, 6) is 0.390. The molecule has 1 fully saturated rings. The molecular weight excluding hydrogens is 442 g/mol. The molecule has 2 aliphatic heterocycles. The van der Waals surface area contributed by atoms with Crippen LogP contribution in [0.4, 0.5) is 11.4 Å².